The molecule has 1 aliphatic heterocycles. The fraction of sp³-hybridized carbons (Fsp3) is 0.308. The first-order chi connectivity index (χ1) is 9.73. The van der Waals surface area contributed by atoms with Crippen molar-refractivity contribution in [3.05, 3.63) is 29.6 Å². The van der Waals surface area contributed by atoms with Crippen LogP contribution in [0.2, 0.25) is 0 Å². The maximum Gasteiger partial charge on any atom is 0.335 e. The molecular weight excluding hydrogens is 283 g/mol. The van der Waals surface area contributed by atoms with Crippen LogP contribution < -0.4 is 10.6 Å². The van der Waals surface area contributed by atoms with Crippen LogP contribution in [0.1, 0.15) is 23.7 Å². The number of carboxylic acid groups (broad SMARTS) is 2. The third-order valence-corrected chi connectivity index (χ3v) is 2.73. The number of hydrogen-bond acceptors (Lipinski definition) is 4. The molecule has 0 saturated carbocycles. The molecule has 1 unspecified atom stereocenters. The van der Waals surface area contributed by atoms with Gasteiger partial charge in [-0.15, -0.1) is 0 Å². The van der Waals surface area contributed by atoms with Crippen LogP contribution >= 0.6 is 0 Å². The van der Waals surface area contributed by atoms with Crippen molar-refractivity contribution in [1.29, 1.82) is 0 Å². The van der Waals surface area contributed by atoms with E-state index in [4.69, 9.17) is 20.7 Å². The predicted molar refractivity (Wildman–Crippen MR) is 71.6 cm³/mol. The molecular formula is C13H15FN2O5. The number of aliphatic carboxylic acids is 1. The zero-order valence-electron chi connectivity index (χ0n) is 11.2. The van der Waals surface area contributed by atoms with Crippen molar-refractivity contribution in [3.8, 4) is 0 Å². The second-order valence-electron chi connectivity index (χ2n) is 4.38. The smallest absolute Gasteiger partial charge is 0.335 e. The average molecular weight is 298 g/mol. The van der Waals surface area contributed by atoms with Gasteiger partial charge in [0.25, 0.3) is 5.97 Å². The Balaban J connectivity index is 0.000000491. The van der Waals surface area contributed by atoms with E-state index < -0.39 is 23.8 Å². The summed E-state index contributed by atoms with van der Waals surface area (Å²) >= 11 is 0. The molecule has 0 aliphatic carbocycles. The highest BCUT2D eigenvalue weighted by molar-refractivity contribution is 5.99. The standard InChI is InChI=1S/C11H11FN2O3.C2H4O2/c12-7-5-6(11(16)17)1-2-9(7)14-4-3-8(13)10(14)15;1-2(3)4/h1-2,5,8H,3-4,13H2,(H,16,17);1H3,(H,3,4). The molecule has 0 aromatic heterocycles. The number of benzene rings is 1. The van der Waals surface area contributed by atoms with Crippen molar-refractivity contribution in [3.63, 3.8) is 0 Å². The van der Waals surface area contributed by atoms with Gasteiger partial charge >= 0.3 is 5.97 Å². The zero-order valence-corrected chi connectivity index (χ0v) is 11.2. The third-order valence-electron chi connectivity index (χ3n) is 2.73. The topological polar surface area (TPSA) is 121 Å². The largest absolute Gasteiger partial charge is 0.481 e. The molecule has 1 saturated heterocycles. The lowest BCUT2D eigenvalue weighted by Crippen LogP contribution is -2.34. The maximum absolute atomic E-state index is 13.7. The summed E-state index contributed by atoms with van der Waals surface area (Å²) in [6, 6.07) is 2.84. The first-order valence-electron chi connectivity index (χ1n) is 6.03. The highest BCUT2D eigenvalue weighted by Crippen LogP contribution is 2.24. The number of carbonyl (C=O) groups excluding carboxylic acids is 1. The lowest BCUT2D eigenvalue weighted by Gasteiger charge is -2.17. The molecule has 8 heteroatoms. The molecule has 1 aromatic carbocycles. The molecule has 1 fully saturated rings. The van der Waals surface area contributed by atoms with Crippen LogP contribution in [0.25, 0.3) is 0 Å². The fourth-order valence-corrected chi connectivity index (χ4v) is 1.80. The first-order valence-corrected chi connectivity index (χ1v) is 6.03. The van der Waals surface area contributed by atoms with Gasteiger partial charge in [0.2, 0.25) is 5.91 Å². The minimum atomic E-state index is -1.21. The summed E-state index contributed by atoms with van der Waals surface area (Å²) in [5.74, 6) is -3.11. The summed E-state index contributed by atoms with van der Waals surface area (Å²) in [5.41, 5.74) is 5.45. The van der Waals surface area contributed by atoms with E-state index in [1.54, 1.807) is 0 Å². The summed E-state index contributed by atoms with van der Waals surface area (Å²) in [6.45, 7) is 1.43. The molecule has 21 heavy (non-hydrogen) atoms. The quantitative estimate of drug-likeness (QED) is 0.738. The monoisotopic (exact) mass is 298 g/mol. The van der Waals surface area contributed by atoms with E-state index >= 15 is 0 Å². The number of halogens is 1. The minimum absolute atomic E-state index is 0.0768. The van der Waals surface area contributed by atoms with Crippen LogP contribution in [0.5, 0.6) is 0 Å². The maximum atomic E-state index is 13.7. The molecule has 1 amide bonds. The van der Waals surface area contributed by atoms with E-state index in [0.717, 1.165) is 13.0 Å². The van der Waals surface area contributed by atoms with Crippen LogP contribution in [0.15, 0.2) is 18.2 Å². The molecule has 2 rings (SSSR count). The van der Waals surface area contributed by atoms with Gasteiger partial charge in [0.05, 0.1) is 17.3 Å². The van der Waals surface area contributed by atoms with Crippen LogP contribution in [-0.2, 0) is 9.59 Å². The van der Waals surface area contributed by atoms with Gasteiger partial charge in [0.1, 0.15) is 5.82 Å². The number of rotatable bonds is 2. The molecule has 0 radical (unpaired) electrons. The second-order valence-corrected chi connectivity index (χ2v) is 4.38. The van der Waals surface area contributed by atoms with Crippen molar-refractivity contribution < 1.29 is 29.0 Å². The highest BCUT2D eigenvalue weighted by Gasteiger charge is 2.31. The van der Waals surface area contributed by atoms with Gasteiger partial charge in [-0.1, -0.05) is 0 Å². The summed E-state index contributed by atoms with van der Waals surface area (Å²) in [5, 5.41) is 16.1. The second kappa shape index (κ2) is 6.80. The molecule has 0 bridgehead atoms. The SMILES string of the molecule is CC(=O)O.NC1CCN(c2ccc(C(=O)O)cc2F)C1=O. The van der Waals surface area contributed by atoms with Gasteiger partial charge in [-0.25, -0.2) is 9.18 Å². The number of anilines is 1. The van der Waals surface area contributed by atoms with Crippen molar-refractivity contribution >= 4 is 23.5 Å². The van der Waals surface area contributed by atoms with E-state index in [-0.39, 0.29) is 17.2 Å². The Morgan fingerprint density at radius 2 is 1.95 bits per heavy atom. The molecule has 1 aromatic rings. The third kappa shape index (κ3) is 4.25. The number of nitrogens with zero attached hydrogens (tertiary/aromatic N) is 1. The number of carboxylic acids is 2. The summed E-state index contributed by atoms with van der Waals surface area (Å²) in [6.07, 6.45) is 0.471. The van der Waals surface area contributed by atoms with Crippen LogP contribution in [0, 0.1) is 5.82 Å². The number of nitrogens with two attached hydrogens (primary N) is 1. The molecule has 1 heterocycles. The lowest BCUT2D eigenvalue weighted by atomic mass is 10.2. The fourth-order valence-electron chi connectivity index (χ4n) is 1.80. The van der Waals surface area contributed by atoms with Gasteiger partial charge in [0.15, 0.2) is 0 Å². The van der Waals surface area contributed by atoms with Crippen molar-refractivity contribution in [2.24, 2.45) is 5.73 Å². The Kier molecular flexibility index (Phi) is 5.37. The van der Waals surface area contributed by atoms with Gasteiger partial charge < -0.3 is 20.8 Å². The Morgan fingerprint density at radius 1 is 1.38 bits per heavy atom. The van der Waals surface area contributed by atoms with E-state index in [0.29, 0.717) is 13.0 Å². The Labute approximate surface area is 119 Å². The van der Waals surface area contributed by atoms with Gasteiger partial charge in [0, 0.05) is 13.5 Å². The van der Waals surface area contributed by atoms with E-state index in [9.17, 15) is 14.0 Å². The number of hydrogen-bond donors (Lipinski definition) is 3. The number of amides is 1. The van der Waals surface area contributed by atoms with Gasteiger partial charge in [-0.2, -0.15) is 0 Å². The minimum Gasteiger partial charge on any atom is -0.481 e. The van der Waals surface area contributed by atoms with E-state index in [1.807, 2.05) is 0 Å². The van der Waals surface area contributed by atoms with Crippen LogP contribution in [-0.4, -0.2) is 40.6 Å². The first kappa shape index (κ1) is 16.6. The molecule has 114 valence electrons. The molecule has 1 atom stereocenters. The summed E-state index contributed by atoms with van der Waals surface area (Å²) in [7, 11) is 0. The van der Waals surface area contributed by atoms with E-state index in [2.05, 4.69) is 0 Å². The predicted octanol–water partition coefficient (Wildman–Crippen LogP) is 0.679. The Morgan fingerprint density at radius 3 is 2.33 bits per heavy atom. The normalized spacial score (nSPS) is 17.2. The van der Waals surface area contributed by atoms with E-state index in [1.165, 1.54) is 17.0 Å². The Bertz CT molecular complexity index is 572. The molecule has 7 nitrogen and oxygen atoms in total. The van der Waals surface area contributed by atoms with Crippen molar-refractivity contribution in [2.45, 2.75) is 19.4 Å². The molecule has 1 aliphatic rings. The summed E-state index contributed by atoms with van der Waals surface area (Å²) < 4.78 is 13.7. The lowest BCUT2D eigenvalue weighted by molar-refractivity contribution is -0.134. The Hall–Kier alpha value is -2.48. The number of carbonyl (C=O) groups is 3. The van der Waals surface area contributed by atoms with Crippen molar-refractivity contribution in [1.82, 2.24) is 0 Å². The molecule has 4 N–H and O–H groups in total. The highest BCUT2D eigenvalue weighted by atomic mass is 19.1. The average Bonchev–Trinajstić information content (AvgIpc) is 2.69. The summed E-state index contributed by atoms with van der Waals surface area (Å²) in [4.78, 5) is 32.5. The van der Waals surface area contributed by atoms with Crippen molar-refractivity contribution in [2.75, 3.05) is 11.4 Å². The van der Waals surface area contributed by atoms with Gasteiger partial charge in [-0.3, -0.25) is 9.59 Å². The van der Waals surface area contributed by atoms with Crippen LogP contribution in [0.3, 0.4) is 0 Å². The van der Waals surface area contributed by atoms with Gasteiger partial charge in [-0.05, 0) is 24.6 Å². The number of aromatic carboxylic acids is 1. The molecule has 0 spiro atoms. The zero-order chi connectivity index (χ0) is 16.2. The van der Waals surface area contributed by atoms with Crippen LogP contribution in [0.4, 0.5) is 10.1 Å².